The van der Waals surface area contributed by atoms with Gasteiger partial charge in [-0.3, -0.25) is 0 Å². The van der Waals surface area contributed by atoms with E-state index in [0.717, 1.165) is 6.04 Å². The van der Waals surface area contributed by atoms with Crippen LogP contribution >= 0.6 is 0 Å². The van der Waals surface area contributed by atoms with E-state index in [2.05, 4.69) is 25.9 Å². The third-order valence-corrected chi connectivity index (χ3v) is 4.34. The Bertz CT molecular complexity index is 192. The molecule has 1 nitrogen and oxygen atoms in total. The quantitative estimate of drug-likeness (QED) is 0.478. The average Bonchev–Trinajstić information content (AvgIpc) is 2.71. The lowest BCUT2D eigenvalue weighted by Crippen LogP contribution is -2.40. The molecule has 1 unspecified atom stereocenters. The van der Waals surface area contributed by atoms with Gasteiger partial charge in [0.05, 0.1) is 0 Å². The van der Waals surface area contributed by atoms with Crippen molar-refractivity contribution < 1.29 is 0 Å². The van der Waals surface area contributed by atoms with Crippen LogP contribution in [-0.2, 0) is 0 Å². The summed E-state index contributed by atoms with van der Waals surface area (Å²) in [4.78, 5) is 0. The minimum absolute atomic E-state index is 0.577. The van der Waals surface area contributed by atoms with E-state index in [9.17, 15) is 0 Å². The van der Waals surface area contributed by atoms with Crippen LogP contribution in [0.15, 0.2) is 12.7 Å². The van der Waals surface area contributed by atoms with E-state index in [1.165, 1.54) is 57.8 Å². The molecule has 1 aliphatic rings. The number of nitrogens with one attached hydrogen (secondary N) is 1. The summed E-state index contributed by atoms with van der Waals surface area (Å²) in [6, 6.07) is 0.735. The second-order valence-corrected chi connectivity index (χ2v) is 5.63. The zero-order chi connectivity index (χ0) is 11.9. The maximum Gasteiger partial charge on any atom is 0.0118 e. The Balaban J connectivity index is 2.23. The first-order valence-corrected chi connectivity index (χ1v) is 7.01. The number of allylic oxidation sites excluding steroid dienone is 1. The predicted octanol–water partition coefficient (Wildman–Crippen LogP) is 4.29. The summed E-state index contributed by atoms with van der Waals surface area (Å²) in [5, 5.41) is 3.56. The standard InChI is InChI=1S/C15H29N/c1-4-5-6-7-8-11-14(16-3)15(2)12-9-10-13-15/h4,14,16H,1,5-13H2,2-3H3. The molecule has 1 fully saturated rings. The van der Waals surface area contributed by atoms with Crippen molar-refractivity contribution in [3.63, 3.8) is 0 Å². The van der Waals surface area contributed by atoms with Crippen molar-refractivity contribution >= 4 is 0 Å². The van der Waals surface area contributed by atoms with Gasteiger partial charge >= 0.3 is 0 Å². The highest BCUT2D eigenvalue weighted by molar-refractivity contribution is 4.90. The van der Waals surface area contributed by atoms with Crippen molar-refractivity contribution in [2.24, 2.45) is 5.41 Å². The number of unbranched alkanes of at least 4 members (excludes halogenated alkanes) is 3. The molecule has 0 aromatic heterocycles. The van der Waals surface area contributed by atoms with E-state index in [1.54, 1.807) is 0 Å². The van der Waals surface area contributed by atoms with Gasteiger partial charge in [0.25, 0.3) is 0 Å². The van der Waals surface area contributed by atoms with Gasteiger partial charge in [-0.25, -0.2) is 0 Å². The van der Waals surface area contributed by atoms with E-state index in [-0.39, 0.29) is 0 Å². The molecule has 1 saturated carbocycles. The second kappa shape index (κ2) is 7.11. The van der Waals surface area contributed by atoms with E-state index >= 15 is 0 Å². The zero-order valence-electron chi connectivity index (χ0n) is 11.2. The molecule has 0 bridgehead atoms. The molecule has 0 heterocycles. The summed E-state index contributed by atoms with van der Waals surface area (Å²) in [6.45, 7) is 6.25. The minimum Gasteiger partial charge on any atom is -0.316 e. The van der Waals surface area contributed by atoms with Crippen LogP contribution in [0.2, 0.25) is 0 Å². The number of rotatable bonds is 8. The summed E-state index contributed by atoms with van der Waals surface area (Å²) in [6.07, 6.45) is 14.3. The van der Waals surface area contributed by atoms with Gasteiger partial charge < -0.3 is 5.32 Å². The molecule has 1 atom stereocenters. The first kappa shape index (κ1) is 13.8. The lowest BCUT2D eigenvalue weighted by atomic mass is 9.78. The number of hydrogen-bond donors (Lipinski definition) is 1. The van der Waals surface area contributed by atoms with Crippen LogP contribution in [0.3, 0.4) is 0 Å². The van der Waals surface area contributed by atoms with Crippen molar-refractivity contribution in [1.29, 1.82) is 0 Å². The molecule has 1 heteroatoms. The Labute approximate surface area is 102 Å². The van der Waals surface area contributed by atoms with E-state index in [0.29, 0.717) is 5.41 Å². The molecular weight excluding hydrogens is 194 g/mol. The maximum atomic E-state index is 3.77. The Hall–Kier alpha value is -0.300. The van der Waals surface area contributed by atoms with Crippen LogP contribution < -0.4 is 5.32 Å². The summed E-state index contributed by atoms with van der Waals surface area (Å²) < 4.78 is 0. The van der Waals surface area contributed by atoms with Crippen molar-refractivity contribution in [3.8, 4) is 0 Å². The van der Waals surface area contributed by atoms with Gasteiger partial charge in [0.2, 0.25) is 0 Å². The molecule has 1 rings (SSSR count). The molecule has 0 radical (unpaired) electrons. The van der Waals surface area contributed by atoms with Crippen LogP contribution in [0.1, 0.15) is 64.7 Å². The normalized spacial score (nSPS) is 20.9. The minimum atomic E-state index is 0.577. The predicted molar refractivity (Wildman–Crippen MR) is 72.7 cm³/mol. The van der Waals surface area contributed by atoms with Crippen molar-refractivity contribution in [2.45, 2.75) is 70.8 Å². The third-order valence-electron chi connectivity index (χ3n) is 4.34. The Morgan fingerprint density at radius 3 is 2.50 bits per heavy atom. The highest BCUT2D eigenvalue weighted by Crippen LogP contribution is 2.41. The lowest BCUT2D eigenvalue weighted by Gasteiger charge is -2.34. The summed E-state index contributed by atoms with van der Waals surface area (Å²) in [7, 11) is 2.14. The highest BCUT2D eigenvalue weighted by atomic mass is 14.9. The number of hydrogen-bond acceptors (Lipinski definition) is 1. The molecule has 0 aliphatic heterocycles. The SMILES string of the molecule is C=CCCCCCC(NC)C1(C)CCCC1. The molecule has 0 saturated heterocycles. The van der Waals surface area contributed by atoms with E-state index < -0.39 is 0 Å². The van der Waals surface area contributed by atoms with Gasteiger partial charge in [-0.15, -0.1) is 6.58 Å². The Morgan fingerprint density at radius 1 is 1.25 bits per heavy atom. The maximum absolute atomic E-state index is 3.77. The highest BCUT2D eigenvalue weighted by Gasteiger charge is 2.35. The van der Waals surface area contributed by atoms with Gasteiger partial charge in [-0.1, -0.05) is 38.7 Å². The van der Waals surface area contributed by atoms with Crippen LogP contribution in [0.4, 0.5) is 0 Å². The van der Waals surface area contributed by atoms with Crippen LogP contribution in [0.5, 0.6) is 0 Å². The Kier molecular flexibility index (Phi) is 6.12. The van der Waals surface area contributed by atoms with E-state index in [4.69, 9.17) is 0 Å². The molecule has 94 valence electrons. The molecule has 1 N–H and O–H groups in total. The first-order valence-electron chi connectivity index (χ1n) is 7.01. The zero-order valence-corrected chi connectivity index (χ0v) is 11.2. The monoisotopic (exact) mass is 223 g/mol. The average molecular weight is 223 g/mol. The summed E-state index contributed by atoms with van der Waals surface area (Å²) in [5.41, 5.74) is 0.577. The molecule has 0 aromatic carbocycles. The lowest BCUT2D eigenvalue weighted by molar-refractivity contribution is 0.215. The summed E-state index contributed by atoms with van der Waals surface area (Å²) >= 11 is 0. The second-order valence-electron chi connectivity index (χ2n) is 5.63. The molecule has 0 amide bonds. The fourth-order valence-electron chi connectivity index (χ4n) is 3.19. The fourth-order valence-corrected chi connectivity index (χ4v) is 3.19. The van der Waals surface area contributed by atoms with Crippen molar-refractivity contribution in [3.05, 3.63) is 12.7 Å². The molecule has 16 heavy (non-hydrogen) atoms. The van der Waals surface area contributed by atoms with Crippen LogP contribution in [0.25, 0.3) is 0 Å². The van der Waals surface area contributed by atoms with Crippen LogP contribution in [-0.4, -0.2) is 13.1 Å². The topological polar surface area (TPSA) is 12.0 Å². The smallest absolute Gasteiger partial charge is 0.0118 e. The van der Waals surface area contributed by atoms with Crippen LogP contribution in [0, 0.1) is 5.41 Å². The van der Waals surface area contributed by atoms with Gasteiger partial charge in [0, 0.05) is 6.04 Å². The fraction of sp³-hybridized carbons (Fsp3) is 0.867. The summed E-state index contributed by atoms with van der Waals surface area (Å²) in [5.74, 6) is 0. The third kappa shape index (κ3) is 3.93. The molecule has 0 spiro atoms. The molecule has 1 aliphatic carbocycles. The molecular formula is C15H29N. The van der Waals surface area contributed by atoms with Crippen molar-refractivity contribution in [2.75, 3.05) is 7.05 Å². The molecule has 0 aromatic rings. The van der Waals surface area contributed by atoms with Gasteiger partial charge in [0.15, 0.2) is 0 Å². The van der Waals surface area contributed by atoms with Gasteiger partial charge in [-0.05, 0) is 44.6 Å². The Morgan fingerprint density at radius 2 is 1.94 bits per heavy atom. The largest absolute Gasteiger partial charge is 0.316 e. The van der Waals surface area contributed by atoms with Gasteiger partial charge in [-0.2, -0.15) is 0 Å². The van der Waals surface area contributed by atoms with Gasteiger partial charge in [0.1, 0.15) is 0 Å². The van der Waals surface area contributed by atoms with E-state index in [1.807, 2.05) is 6.08 Å². The first-order chi connectivity index (χ1) is 7.73. The van der Waals surface area contributed by atoms with Crippen molar-refractivity contribution in [1.82, 2.24) is 5.32 Å².